The Morgan fingerprint density at radius 2 is 2.24 bits per heavy atom. The van der Waals surface area contributed by atoms with Crippen molar-refractivity contribution in [2.75, 3.05) is 5.73 Å². The van der Waals surface area contributed by atoms with E-state index >= 15 is 0 Å². The highest BCUT2D eigenvalue weighted by Crippen LogP contribution is 2.36. The van der Waals surface area contributed by atoms with Gasteiger partial charge in [0.1, 0.15) is 3.57 Å². The summed E-state index contributed by atoms with van der Waals surface area (Å²) in [4.78, 5) is 10.4. The lowest BCUT2D eigenvalue weighted by molar-refractivity contribution is -0.384. The molecule has 0 amide bonds. The number of nitro benzene ring substituents is 1. The summed E-state index contributed by atoms with van der Waals surface area (Å²) in [6.45, 7) is 0. The summed E-state index contributed by atoms with van der Waals surface area (Å²) in [5, 5.41) is 14.8. The van der Waals surface area contributed by atoms with Crippen LogP contribution in [-0.4, -0.2) is 10.1 Å². The van der Waals surface area contributed by atoms with E-state index in [4.69, 9.17) is 21.9 Å². The lowest BCUT2D eigenvalue weighted by Gasteiger charge is -2.00. The van der Waals surface area contributed by atoms with Crippen LogP contribution in [0.4, 0.5) is 11.5 Å². The van der Waals surface area contributed by atoms with Crippen LogP contribution in [-0.2, 0) is 0 Å². The van der Waals surface area contributed by atoms with Crippen LogP contribution in [0.3, 0.4) is 0 Å². The minimum atomic E-state index is -0.532. The summed E-state index contributed by atoms with van der Waals surface area (Å²) in [5.74, 6) is 0.469. The van der Waals surface area contributed by atoms with E-state index in [1.807, 2.05) is 22.6 Å². The van der Waals surface area contributed by atoms with E-state index < -0.39 is 4.92 Å². The highest BCUT2D eigenvalue weighted by molar-refractivity contribution is 14.1. The number of nitrogen functional groups attached to an aromatic ring is 1. The molecular formula is C9H5ClIN3O3. The van der Waals surface area contributed by atoms with Crippen molar-refractivity contribution in [2.24, 2.45) is 0 Å². The van der Waals surface area contributed by atoms with Gasteiger partial charge in [0.05, 0.1) is 10.5 Å². The van der Waals surface area contributed by atoms with Crippen molar-refractivity contribution in [1.29, 1.82) is 0 Å². The van der Waals surface area contributed by atoms with Gasteiger partial charge >= 0.3 is 0 Å². The van der Waals surface area contributed by atoms with Crippen molar-refractivity contribution in [3.05, 3.63) is 36.9 Å². The van der Waals surface area contributed by atoms with Gasteiger partial charge in [0.2, 0.25) is 0 Å². The second kappa shape index (κ2) is 4.49. The van der Waals surface area contributed by atoms with Crippen molar-refractivity contribution in [3.63, 3.8) is 0 Å². The molecule has 0 spiro atoms. The Hall–Kier alpha value is -1.35. The molecule has 0 bridgehead atoms. The standard InChI is InChI=1S/C9H5ClIN3O3/c10-4-1-2-5(6(3-4)14(15)16)8-7(11)9(12)13-17-8/h1-3H,(H2,12,13). The fraction of sp³-hybridized carbons (Fsp3) is 0. The largest absolute Gasteiger partial charge is 0.380 e. The quantitative estimate of drug-likeness (QED) is 0.501. The SMILES string of the molecule is Nc1noc(-c2ccc(Cl)cc2[N+](=O)[O-])c1I. The number of hydrogen-bond donors (Lipinski definition) is 1. The van der Waals surface area contributed by atoms with E-state index in [-0.39, 0.29) is 22.3 Å². The fourth-order valence-electron chi connectivity index (χ4n) is 1.31. The van der Waals surface area contributed by atoms with E-state index in [1.54, 1.807) is 6.07 Å². The Labute approximate surface area is 114 Å². The maximum absolute atomic E-state index is 10.9. The molecule has 0 fully saturated rings. The topological polar surface area (TPSA) is 95.2 Å². The molecule has 0 aliphatic carbocycles. The smallest absolute Gasteiger partial charge is 0.281 e. The first-order valence-corrected chi connectivity index (χ1v) is 5.81. The number of rotatable bonds is 2. The summed E-state index contributed by atoms with van der Waals surface area (Å²) in [6.07, 6.45) is 0. The van der Waals surface area contributed by atoms with Crippen molar-refractivity contribution in [1.82, 2.24) is 5.16 Å². The fourth-order valence-corrected chi connectivity index (χ4v) is 1.96. The average molecular weight is 366 g/mol. The number of benzene rings is 1. The number of halogens is 2. The van der Waals surface area contributed by atoms with E-state index in [0.29, 0.717) is 9.13 Å². The van der Waals surface area contributed by atoms with Crippen molar-refractivity contribution >= 4 is 45.7 Å². The molecule has 88 valence electrons. The average Bonchev–Trinajstić information content (AvgIpc) is 2.60. The molecule has 2 aromatic rings. The molecule has 2 N–H and O–H groups in total. The van der Waals surface area contributed by atoms with Crippen molar-refractivity contribution in [3.8, 4) is 11.3 Å². The molecule has 1 aromatic heterocycles. The van der Waals surface area contributed by atoms with Crippen LogP contribution < -0.4 is 5.73 Å². The summed E-state index contributed by atoms with van der Waals surface area (Å²) in [6, 6.07) is 4.30. The van der Waals surface area contributed by atoms with Crippen LogP contribution in [0.15, 0.2) is 22.7 Å². The van der Waals surface area contributed by atoms with Gasteiger partial charge in [-0.2, -0.15) is 0 Å². The maximum atomic E-state index is 10.9. The van der Waals surface area contributed by atoms with Gasteiger partial charge in [0, 0.05) is 11.1 Å². The van der Waals surface area contributed by atoms with Gasteiger partial charge in [0.15, 0.2) is 11.6 Å². The third-order valence-corrected chi connectivity index (χ3v) is 3.34. The molecule has 0 saturated heterocycles. The summed E-state index contributed by atoms with van der Waals surface area (Å²) < 4.78 is 5.52. The van der Waals surface area contributed by atoms with Gasteiger partial charge < -0.3 is 10.3 Å². The zero-order chi connectivity index (χ0) is 12.6. The number of aromatic nitrogens is 1. The molecule has 0 aliphatic heterocycles. The molecule has 2 rings (SSSR count). The van der Waals surface area contributed by atoms with Crippen LogP contribution in [0.1, 0.15) is 0 Å². The Balaban J connectivity index is 2.67. The highest BCUT2D eigenvalue weighted by Gasteiger charge is 2.22. The predicted molar refractivity (Wildman–Crippen MR) is 70.7 cm³/mol. The second-order valence-corrected chi connectivity index (χ2v) is 4.64. The number of hydrogen-bond acceptors (Lipinski definition) is 5. The van der Waals surface area contributed by atoms with Gasteiger partial charge in [-0.3, -0.25) is 10.1 Å². The first-order chi connectivity index (χ1) is 8.00. The van der Waals surface area contributed by atoms with E-state index in [1.165, 1.54) is 12.1 Å². The summed E-state index contributed by atoms with van der Waals surface area (Å²) in [7, 11) is 0. The number of anilines is 1. The molecule has 1 heterocycles. The van der Waals surface area contributed by atoms with Gasteiger partial charge in [-0.1, -0.05) is 16.8 Å². The molecular weight excluding hydrogens is 360 g/mol. The minimum absolute atomic E-state index is 0.147. The molecule has 0 aliphatic rings. The third-order valence-electron chi connectivity index (χ3n) is 2.06. The highest BCUT2D eigenvalue weighted by atomic mass is 127. The van der Waals surface area contributed by atoms with E-state index in [2.05, 4.69) is 5.16 Å². The third kappa shape index (κ3) is 2.20. The second-order valence-electron chi connectivity index (χ2n) is 3.13. The Kier molecular flexibility index (Phi) is 3.20. The molecule has 1 aromatic carbocycles. The van der Waals surface area contributed by atoms with Gasteiger partial charge in [0.25, 0.3) is 5.69 Å². The molecule has 17 heavy (non-hydrogen) atoms. The van der Waals surface area contributed by atoms with Gasteiger partial charge in [-0.25, -0.2) is 0 Å². The van der Waals surface area contributed by atoms with Gasteiger partial charge in [-0.05, 0) is 34.7 Å². The first-order valence-electron chi connectivity index (χ1n) is 4.35. The zero-order valence-electron chi connectivity index (χ0n) is 8.18. The zero-order valence-corrected chi connectivity index (χ0v) is 11.1. The lowest BCUT2D eigenvalue weighted by atomic mass is 10.1. The Bertz CT molecular complexity index is 599. The number of nitrogens with two attached hydrogens (primary N) is 1. The molecule has 6 nitrogen and oxygen atoms in total. The van der Waals surface area contributed by atoms with E-state index in [9.17, 15) is 10.1 Å². The molecule has 0 saturated carbocycles. The summed E-state index contributed by atoms with van der Waals surface area (Å²) >= 11 is 7.63. The van der Waals surface area contributed by atoms with Crippen LogP contribution in [0.25, 0.3) is 11.3 Å². The molecule has 8 heteroatoms. The molecule has 0 unspecified atom stereocenters. The van der Waals surface area contributed by atoms with Crippen LogP contribution in [0.2, 0.25) is 5.02 Å². The number of nitro groups is 1. The summed E-state index contributed by atoms with van der Waals surface area (Å²) in [5.41, 5.74) is 5.68. The van der Waals surface area contributed by atoms with Crippen LogP contribution in [0, 0.1) is 13.7 Å². The van der Waals surface area contributed by atoms with Crippen molar-refractivity contribution in [2.45, 2.75) is 0 Å². The normalized spacial score (nSPS) is 10.5. The first kappa shape index (κ1) is 12.1. The Morgan fingerprint density at radius 1 is 1.53 bits per heavy atom. The monoisotopic (exact) mass is 365 g/mol. The van der Waals surface area contributed by atoms with E-state index in [0.717, 1.165) is 0 Å². The molecule has 0 radical (unpaired) electrons. The number of nitrogens with zero attached hydrogens (tertiary/aromatic N) is 2. The Morgan fingerprint density at radius 3 is 2.76 bits per heavy atom. The predicted octanol–water partition coefficient (Wildman–Crippen LogP) is 3.09. The van der Waals surface area contributed by atoms with Crippen LogP contribution in [0.5, 0.6) is 0 Å². The van der Waals surface area contributed by atoms with Gasteiger partial charge in [-0.15, -0.1) is 0 Å². The van der Waals surface area contributed by atoms with Crippen molar-refractivity contribution < 1.29 is 9.45 Å². The van der Waals surface area contributed by atoms with Crippen LogP contribution >= 0.6 is 34.2 Å². The maximum Gasteiger partial charge on any atom is 0.281 e. The minimum Gasteiger partial charge on any atom is -0.380 e. The lowest BCUT2D eigenvalue weighted by Crippen LogP contribution is -1.92. The molecule has 0 atom stereocenters.